The average molecular weight is 459 g/mol. The van der Waals surface area contributed by atoms with Crippen molar-refractivity contribution in [3.05, 3.63) is 71.5 Å². The van der Waals surface area contributed by atoms with E-state index < -0.39 is 29.0 Å². The second kappa shape index (κ2) is 10.8. The molecule has 0 spiro atoms. The zero-order chi connectivity index (χ0) is 24.0. The molecule has 3 rings (SSSR count). The molecule has 1 heterocycles. The number of carbonyl (C=O) groups excluding carboxylic acids is 2. The number of hydrogen-bond donors (Lipinski definition) is 1. The van der Waals surface area contributed by atoms with E-state index >= 15 is 0 Å². The van der Waals surface area contributed by atoms with Gasteiger partial charge in [-0.2, -0.15) is 0 Å². The van der Waals surface area contributed by atoms with Gasteiger partial charge < -0.3 is 14.6 Å². The molecule has 1 N–H and O–H groups in total. The van der Waals surface area contributed by atoms with E-state index in [0.29, 0.717) is 30.7 Å². The topological polar surface area (TPSA) is 75.4 Å². The first-order valence-electron chi connectivity index (χ1n) is 10.5. The van der Waals surface area contributed by atoms with Crippen LogP contribution in [-0.2, 0) is 16.0 Å². The third kappa shape index (κ3) is 6.21. The fourth-order valence-corrected chi connectivity index (χ4v) is 3.20. The van der Waals surface area contributed by atoms with Crippen molar-refractivity contribution in [2.45, 2.75) is 33.1 Å². The molecule has 6 nitrogen and oxygen atoms in total. The summed E-state index contributed by atoms with van der Waals surface area (Å²) < 4.78 is 45.9. The predicted molar refractivity (Wildman–Crippen MR) is 117 cm³/mol. The first-order valence-corrected chi connectivity index (χ1v) is 10.5. The Labute approximate surface area is 189 Å². The number of rotatable bonds is 9. The van der Waals surface area contributed by atoms with Gasteiger partial charge in [0.2, 0.25) is 11.8 Å². The summed E-state index contributed by atoms with van der Waals surface area (Å²) in [6.07, 6.45) is 2.48. The SMILES string of the molecule is CCCN(CC(=O)Nc1ccc(F)c(F)c1F)C(=O)CCc1ncc(-c2ccc(C)cc2)o1. The molecule has 2 aromatic carbocycles. The molecule has 1 aromatic heterocycles. The zero-order valence-electron chi connectivity index (χ0n) is 18.3. The van der Waals surface area contributed by atoms with E-state index in [9.17, 15) is 22.8 Å². The minimum atomic E-state index is -1.68. The molecule has 9 heteroatoms. The molecule has 0 saturated carbocycles. The highest BCUT2D eigenvalue weighted by molar-refractivity contribution is 5.94. The van der Waals surface area contributed by atoms with Crippen molar-refractivity contribution in [2.24, 2.45) is 0 Å². The maximum Gasteiger partial charge on any atom is 0.244 e. The van der Waals surface area contributed by atoms with E-state index in [-0.39, 0.29) is 25.3 Å². The smallest absolute Gasteiger partial charge is 0.244 e. The number of aryl methyl sites for hydroxylation is 2. The molecular formula is C24H24F3N3O3. The van der Waals surface area contributed by atoms with Crippen LogP contribution >= 0.6 is 0 Å². The number of anilines is 1. The minimum absolute atomic E-state index is 0.0562. The van der Waals surface area contributed by atoms with Crippen LogP contribution in [-0.4, -0.2) is 34.8 Å². The number of benzene rings is 2. The first kappa shape index (κ1) is 24.0. The van der Waals surface area contributed by atoms with Crippen LogP contribution in [0.1, 0.15) is 31.2 Å². The maximum absolute atomic E-state index is 13.8. The van der Waals surface area contributed by atoms with E-state index in [1.165, 1.54) is 4.90 Å². The molecule has 174 valence electrons. The molecule has 0 aliphatic heterocycles. The molecule has 2 amide bonds. The lowest BCUT2D eigenvalue weighted by atomic mass is 10.1. The van der Waals surface area contributed by atoms with Gasteiger partial charge in [-0.1, -0.05) is 36.8 Å². The van der Waals surface area contributed by atoms with Crippen molar-refractivity contribution >= 4 is 17.5 Å². The summed E-state index contributed by atoms with van der Waals surface area (Å²) in [5.41, 5.74) is 1.50. The third-order valence-corrected chi connectivity index (χ3v) is 4.93. The van der Waals surface area contributed by atoms with Gasteiger partial charge >= 0.3 is 0 Å². The number of hydrogen-bond acceptors (Lipinski definition) is 4. The number of carbonyl (C=O) groups is 2. The van der Waals surface area contributed by atoms with E-state index in [1.807, 2.05) is 38.1 Å². The van der Waals surface area contributed by atoms with Crippen molar-refractivity contribution in [3.63, 3.8) is 0 Å². The number of amides is 2. The minimum Gasteiger partial charge on any atom is -0.441 e. The fraction of sp³-hybridized carbons (Fsp3) is 0.292. The molecule has 0 unspecified atom stereocenters. The Morgan fingerprint density at radius 2 is 1.79 bits per heavy atom. The average Bonchev–Trinajstić information content (AvgIpc) is 3.27. The van der Waals surface area contributed by atoms with Gasteiger partial charge in [0.1, 0.15) is 0 Å². The highest BCUT2D eigenvalue weighted by Crippen LogP contribution is 2.22. The summed E-state index contributed by atoms with van der Waals surface area (Å²) in [6, 6.07) is 9.39. The lowest BCUT2D eigenvalue weighted by Crippen LogP contribution is -2.38. The Balaban J connectivity index is 1.58. The summed E-state index contributed by atoms with van der Waals surface area (Å²) in [4.78, 5) is 30.5. The second-order valence-corrected chi connectivity index (χ2v) is 7.57. The predicted octanol–water partition coefficient (Wildman–Crippen LogP) is 4.88. The van der Waals surface area contributed by atoms with Crippen molar-refractivity contribution in [3.8, 4) is 11.3 Å². The number of nitrogens with one attached hydrogen (secondary N) is 1. The monoisotopic (exact) mass is 459 g/mol. The molecule has 0 saturated heterocycles. The van der Waals surface area contributed by atoms with Gasteiger partial charge in [0.05, 0.1) is 18.4 Å². The van der Waals surface area contributed by atoms with E-state index in [1.54, 1.807) is 6.20 Å². The van der Waals surface area contributed by atoms with Gasteiger partial charge in [0.25, 0.3) is 0 Å². The molecule has 0 bridgehead atoms. The number of nitrogens with zero attached hydrogens (tertiary/aromatic N) is 2. The summed E-state index contributed by atoms with van der Waals surface area (Å²) in [5, 5.41) is 2.18. The zero-order valence-corrected chi connectivity index (χ0v) is 18.3. The van der Waals surface area contributed by atoms with Crippen molar-refractivity contribution in [1.29, 1.82) is 0 Å². The quantitative estimate of drug-likeness (QED) is 0.463. The highest BCUT2D eigenvalue weighted by Gasteiger charge is 2.20. The number of oxazole rings is 1. The van der Waals surface area contributed by atoms with Crippen LogP contribution in [0.2, 0.25) is 0 Å². The normalized spacial score (nSPS) is 10.8. The van der Waals surface area contributed by atoms with E-state index in [4.69, 9.17) is 4.42 Å². The molecule has 0 aliphatic rings. The van der Waals surface area contributed by atoms with Gasteiger partial charge in [-0.15, -0.1) is 0 Å². The summed E-state index contributed by atoms with van der Waals surface area (Å²) in [5.74, 6) is -4.58. The van der Waals surface area contributed by atoms with Crippen LogP contribution in [0.3, 0.4) is 0 Å². The Morgan fingerprint density at radius 3 is 2.48 bits per heavy atom. The van der Waals surface area contributed by atoms with Crippen LogP contribution in [0, 0.1) is 24.4 Å². The lowest BCUT2D eigenvalue weighted by Gasteiger charge is -2.21. The van der Waals surface area contributed by atoms with Crippen molar-refractivity contribution in [1.82, 2.24) is 9.88 Å². The van der Waals surface area contributed by atoms with Crippen LogP contribution in [0.5, 0.6) is 0 Å². The number of halogens is 3. The Bertz CT molecular complexity index is 1130. The molecule has 0 atom stereocenters. The van der Waals surface area contributed by atoms with Crippen LogP contribution < -0.4 is 5.32 Å². The molecular weight excluding hydrogens is 435 g/mol. The van der Waals surface area contributed by atoms with Gasteiger partial charge in [-0.3, -0.25) is 9.59 Å². The van der Waals surface area contributed by atoms with Gasteiger partial charge in [0, 0.05) is 24.9 Å². The molecule has 33 heavy (non-hydrogen) atoms. The second-order valence-electron chi connectivity index (χ2n) is 7.57. The highest BCUT2D eigenvalue weighted by atomic mass is 19.2. The third-order valence-electron chi connectivity index (χ3n) is 4.93. The molecule has 0 aliphatic carbocycles. The van der Waals surface area contributed by atoms with Crippen LogP contribution in [0.25, 0.3) is 11.3 Å². The van der Waals surface area contributed by atoms with Gasteiger partial charge in [0.15, 0.2) is 29.1 Å². The van der Waals surface area contributed by atoms with E-state index in [2.05, 4.69) is 10.3 Å². The van der Waals surface area contributed by atoms with Crippen molar-refractivity contribution in [2.75, 3.05) is 18.4 Å². The lowest BCUT2D eigenvalue weighted by molar-refractivity contribution is -0.134. The summed E-state index contributed by atoms with van der Waals surface area (Å²) in [6.45, 7) is 3.77. The summed E-state index contributed by atoms with van der Waals surface area (Å²) >= 11 is 0. The fourth-order valence-electron chi connectivity index (χ4n) is 3.20. The molecule has 0 radical (unpaired) electrons. The van der Waals surface area contributed by atoms with Gasteiger partial charge in [-0.05, 0) is 25.5 Å². The van der Waals surface area contributed by atoms with Crippen molar-refractivity contribution < 1.29 is 27.2 Å². The standard InChI is InChI=1S/C24H24F3N3O3/c1-3-12-30(14-20(31)29-18-9-8-17(25)23(26)24(18)27)22(32)11-10-21-28-13-19(33-21)16-6-4-15(2)5-7-16/h4-9,13H,3,10-12,14H2,1-2H3,(H,29,31). The van der Waals surface area contributed by atoms with Crippen LogP contribution in [0.15, 0.2) is 47.0 Å². The van der Waals surface area contributed by atoms with Crippen LogP contribution in [0.4, 0.5) is 18.9 Å². The Morgan fingerprint density at radius 1 is 1.06 bits per heavy atom. The Kier molecular flexibility index (Phi) is 7.87. The molecule has 3 aromatic rings. The first-order chi connectivity index (χ1) is 15.8. The Hall–Kier alpha value is -3.62. The summed E-state index contributed by atoms with van der Waals surface area (Å²) in [7, 11) is 0. The largest absolute Gasteiger partial charge is 0.441 e. The molecule has 0 fully saturated rings. The number of aromatic nitrogens is 1. The van der Waals surface area contributed by atoms with E-state index in [0.717, 1.165) is 17.2 Å². The maximum atomic E-state index is 13.8. The van der Waals surface area contributed by atoms with Gasteiger partial charge in [-0.25, -0.2) is 18.2 Å².